The van der Waals surface area contributed by atoms with Gasteiger partial charge in [0.05, 0.1) is 0 Å². The molecule has 0 spiro atoms. The topological polar surface area (TPSA) is 42.3 Å². The third-order valence-corrected chi connectivity index (χ3v) is 2.09. The van der Waals surface area contributed by atoms with E-state index in [0.29, 0.717) is 0 Å². The van der Waals surface area contributed by atoms with Crippen LogP contribution in [0.25, 0.3) is 16.0 Å². The molecule has 122 valence electrons. The van der Waals surface area contributed by atoms with Crippen LogP contribution in [0, 0.1) is 7.43 Å². The Balaban J connectivity index is -0.000000157. The fourth-order valence-corrected chi connectivity index (χ4v) is 1.40. The van der Waals surface area contributed by atoms with Gasteiger partial charge in [-0.25, -0.2) is 0 Å². The summed E-state index contributed by atoms with van der Waals surface area (Å²) in [5.41, 5.74) is 1.70. The van der Waals surface area contributed by atoms with Crippen molar-refractivity contribution in [2.75, 3.05) is 34.7 Å². The molecule has 1 aliphatic carbocycles. The summed E-state index contributed by atoms with van der Waals surface area (Å²) < 4.78 is 0. The van der Waals surface area contributed by atoms with Crippen molar-refractivity contribution in [1.29, 1.82) is 0 Å². The molecule has 0 unspecified atom stereocenters. The Morgan fingerprint density at radius 2 is 1.52 bits per heavy atom. The van der Waals surface area contributed by atoms with E-state index in [-0.39, 0.29) is 38.8 Å². The molecule has 0 aromatic rings. The molecule has 0 N–H and O–H groups in total. The summed E-state index contributed by atoms with van der Waals surface area (Å²) >= 11 is 0. The van der Waals surface area contributed by atoms with Crippen LogP contribution in [-0.4, -0.2) is 40.3 Å². The van der Waals surface area contributed by atoms with E-state index in [9.17, 15) is 0 Å². The first-order valence-electron chi connectivity index (χ1n) is 6.90. The Hall–Kier alpha value is 0.230. The molecule has 0 saturated heterocycles. The van der Waals surface area contributed by atoms with Crippen LogP contribution < -0.4 is 0 Å². The summed E-state index contributed by atoms with van der Waals surface area (Å²) in [6, 6.07) is 0. The van der Waals surface area contributed by atoms with Gasteiger partial charge in [-0.3, -0.25) is 0 Å². The van der Waals surface area contributed by atoms with Gasteiger partial charge in [-0.1, -0.05) is 51.0 Å². The quantitative estimate of drug-likeness (QED) is 0.302. The van der Waals surface area contributed by atoms with Crippen LogP contribution in [0.4, 0.5) is 0 Å². The number of allylic oxidation sites excluding steroid dienone is 4. The molecule has 3 nitrogen and oxygen atoms in total. The fourth-order valence-electron chi connectivity index (χ4n) is 1.40. The van der Waals surface area contributed by atoms with E-state index in [0.717, 1.165) is 13.0 Å². The zero-order valence-corrected chi connectivity index (χ0v) is 19.0. The van der Waals surface area contributed by atoms with Gasteiger partial charge in [0, 0.05) is 0 Å². The molecule has 0 heterocycles. The average molecular weight is 460 g/mol. The Bertz CT molecular complexity index is 241. The van der Waals surface area contributed by atoms with Gasteiger partial charge in [0.2, 0.25) is 0 Å². The molecule has 1 aliphatic rings. The molecule has 21 heavy (non-hydrogen) atoms. The summed E-state index contributed by atoms with van der Waals surface area (Å²) in [4.78, 5) is 0. The normalized spacial score (nSPS) is 11.9. The van der Waals surface area contributed by atoms with E-state index in [1.54, 1.807) is 33.8 Å². The van der Waals surface area contributed by atoms with E-state index >= 15 is 0 Å². The Kier molecular flexibility index (Phi) is 28.2. The predicted molar refractivity (Wildman–Crippen MR) is 95.9 cm³/mol. The zero-order chi connectivity index (χ0) is 15.1. The van der Waals surface area contributed by atoms with E-state index in [1.165, 1.54) is 12.8 Å². The van der Waals surface area contributed by atoms with Crippen LogP contribution in [0.2, 0.25) is 0 Å². The van der Waals surface area contributed by atoms with Crippen molar-refractivity contribution in [2.45, 2.75) is 45.6 Å². The Morgan fingerprint density at radius 3 is 1.86 bits per heavy atom. The second-order valence-electron chi connectivity index (χ2n) is 5.51. The summed E-state index contributed by atoms with van der Waals surface area (Å²) in [7, 11) is 7.00. The minimum absolute atomic E-state index is 0. The van der Waals surface area contributed by atoms with Crippen molar-refractivity contribution in [3.63, 3.8) is 0 Å². The van der Waals surface area contributed by atoms with E-state index in [4.69, 9.17) is 0 Å². The van der Waals surface area contributed by atoms with Crippen molar-refractivity contribution in [2.24, 2.45) is 0 Å². The summed E-state index contributed by atoms with van der Waals surface area (Å²) in [5, 5.41) is 11.6. The molecule has 0 saturated carbocycles. The van der Waals surface area contributed by atoms with Gasteiger partial charge < -0.3 is 23.4 Å². The molecule has 0 amide bonds. The zero-order valence-electron chi connectivity index (χ0n) is 15.4. The molecule has 0 aliphatic heterocycles. The van der Waals surface area contributed by atoms with E-state index in [1.807, 2.05) is 0 Å². The molecular weight excluding hydrogens is 425 g/mol. The number of hydrogen-bond donors (Lipinski definition) is 0. The standard InChI is InChI=1S/C12H20N.2C2H6N.CH3.Hf/c1-12(2,3)13-10-6-9-11-7-4-5-8-11;2*1-3-2;;/h4-5,7H,6,8-10H2,1-3H3;2*1-2H3;1H3;/q4*-1;+4. The Morgan fingerprint density at radius 1 is 1.05 bits per heavy atom. The molecule has 0 atom stereocenters. The molecule has 4 heteroatoms. The van der Waals surface area contributed by atoms with Gasteiger partial charge in [0.15, 0.2) is 0 Å². The van der Waals surface area contributed by atoms with Crippen molar-refractivity contribution >= 4 is 0 Å². The first kappa shape index (κ1) is 29.3. The second-order valence-corrected chi connectivity index (χ2v) is 5.51. The molecule has 0 bridgehead atoms. The minimum atomic E-state index is 0. The fraction of sp³-hybridized carbons (Fsp3) is 0.706. The van der Waals surface area contributed by atoms with Crippen molar-refractivity contribution < 1.29 is 25.8 Å². The number of hydrogen-bond acceptors (Lipinski definition) is 0. The molecule has 0 aromatic carbocycles. The SMILES string of the molecule is CC(C)(C)[N-]CCCC1=CC=CC1.C[N-]C.C[N-]C.[CH3-].[Hf+4]. The first-order chi connectivity index (χ1) is 8.91. The average Bonchev–Trinajstić information content (AvgIpc) is 2.78. The maximum Gasteiger partial charge on any atom is 4.00 e. The summed E-state index contributed by atoms with van der Waals surface area (Å²) in [6.45, 7) is 7.47. The van der Waals surface area contributed by atoms with E-state index in [2.05, 4.69) is 54.9 Å². The van der Waals surface area contributed by atoms with Gasteiger partial charge >= 0.3 is 25.8 Å². The molecule has 1 rings (SSSR count). The largest absolute Gasteiger partial charge is 4.00 e. The summed E-state index contributed by atoms with van der Waals surface area (Å²) in [6.07, 6.45) is 10.2. The van der Waals surface area contributed by atoms with Crippen molar-refractivity contribution in [3.05, 3.63) is 47.2 Å². The summed E-state index contributed by atoms with van der Waals surface area (Å²) in [5.74, 6) is 0. The first-order valence-corrected chi connectivity index (χ1v) is 6.90. The van der Waals surface area contributed by atoms with Gasteiger partial charge in [0.25, 0.3) is 0 Å². The third kappa shape index (κ3) is 29.0. The monoisotopic (exact) mass is 461 g/mol. The molecular formula is C17H35HfN3. The van der Waals surface area contributed by atoms with Crippen LogP contribution in [-0.2, 0) is 25.8 Å². The second kappa shape index (κ2) is 20.2. The Labute approximate surface area is 153 Å². The van der Waals surface area contributed by atoms with Gasteiger partial charge in [-0.2, -0.15) is 28.2 Å². The van der Waals surface area contributed by atoms with Gasteiger partial charge in [-0.15, -0.1) is 12.1 Å². The van der Waals surface area contributed by atoms with Gasteiger partial charge in [0.1, 0.15) is 0 Å². The van der Waals surface area contributed by atoms with Crippen LogP contribution in [0.3, 0.4) is 0 Å². The number of rotatable bonds is 4. The van der Waals surface area contributed by atoms with Crippen molar-refractivity contribution in [3.8, 4) is 0 Å². The third-order valence-electron chi connectivity index (χ3n) is 2.09. The van der Waals surface area contributed by atoms with Crippen LogP contribution in [0.5, 0.6) is 0 Å². The van der Waals surface area contributed by atoms with Gasteiger partial charge in [-0.05, 0) is 12.8 Å². The minimum Gasteiger partial charge on any atom is -0.668 e. The predicted octanol–water partition coefficient (Wildman–Crippen LogP) is 5.51. The van der Waals surface area contributed by atoms with Crippen molar-refractivity contribution in [1.82, 2.24) is 0 Å². The molecule has 0 radical (unpaired) electrons. The van der Waals surface area contributed by atoms with E-state index < -0.39 is 0 Å². The molecule has 0 aromatic heterocycles. The molecule has 0 fully saturated rings. The maximum atomic E-state index is 4.57. The smallest absolute Gasteiger partial charge is 0.668 e. The van der Waals surface area contributed by atoms with Crippen LogP contribution >= 0.6 is 0 Å². The van der Waals surface area contributed by atoms with Crippen LogP contribution in [0.1, 0.15) is 40.0 Å². The maximum absolute atomic E-state index is 4.57. The van der Waals surface area contributed by atoms with Crippen LogP contribution in [0.15, 0.2) is 23.8 Å². The number of nitrogens with zero attached hydrogens (tertiary/aromatic N) is 3.